The van der Waals surface area contributed by atoms with Gasteiger partial charge in [0.2, 0.25) is 17.5 Å². The molecule has 3 rings (SSSR count). The van der Waals surface area contributed by atoms with Crippen molar-refractivity contribution in [2.45, 2.75) is 20.8 Å². The van der Waals surface area contributed by atoms with E-state index >= 15 is 0 Å². The summed E-state index contributed by atoms with van der Waals surface area (Å²) in [6, 6.07) is 5.02. The largest absolute Gasteiger partial charge is 0.493 e. The Bertz CT molecular complexity index is 1100. The van der Waals surface area contributed by atoms with Crippen LogP contribution in [-0.4, -0.2) is 20.7 Å². The summed E-state index contributed by atoms with van der Waals surface area (Å²) < 4.78 is 68.6. The zero-order chi connectivity index (χ0) is 20.9. The number of benzene rings is 2. The van der Waals surface area contributed by atoms with Gasteiger partial charge in [0.25, 0.3) is 0 Å². The van der Waals surface area contributed by atoms with Crippen LogP contribution in [0.15, 0.2) is 18.2 Å². The Balaban J connectivity index is 0.00000300. The summed E-state index contributed by atoms with van der Waals surface area (Å²) in [5, 5.41) is 14.0. The fourth-order valence-electron chi connectivity index (χ4n) is 3.01. The normalized spacial score (nSPS) is 10.8. The second-order valence-electron chi connectivity index (χ2n) is 6.21. The number of ketones is 1. The minimum Gasteiger partial charge on any atom is -0.493 e. The third-order valence-corrected chi connectivity index (χ3v) is 4.37. The minimum absolute atomic E-state index is 0. The maximum Gasteiger partial charge on any atom is 0.226 e. The van der Waals surface area contributed by atoms with Gasteiger partial charge >= 0.3 is 0 Å². The molecule has 0 bridgehead atoms. The summed E-state index contributed by atoms with van der Waals surface area (Å²) in [5.74, 6) is -12.8. The summed E-state index contributed by atoms with van der Waals surface area (Å²) in [7, 11) is 0. The van der Waals surface area contributed by atoms with Crippen LogP contribution in [0.1, 0.15) is 32.7 Å². The molecule has 1 heterocycles. The minimum atomic E-state index is -2.34. The number of nitrogens with zero attached hydrogens (tertiary/aromatic N) is 2. The van der Waals surface area contributed by atoms with Crippen LogP contribution in [0.25, 0.3) is 5.69 Å². The quantitative estimate of drug-likeness (QED) is 0.206. The van der Waals surface area contributed by atoms with E-state index in [0.29, 0.717) is 11.1 Å². The van der Waals surface area contributed by atoms with E-state index in [9.17, 15) is 31.9 Å². The second kappa shape index (κ2) is 8.02. The molecule has 0 radical (unpaired) electrons. The molecule has 4 nitrogen and oxygen atoms in total. The first-order valence-electron chi connectivity index (χ1n) is 7.99. The summed E-state index contributed by atoms with van der Waals surface area (Å²) in [5.41, 5.74) is -0.633. The molecule has 29 heavy (non-hydrogen) atoms. The first-order valence-corrected chi connectivity index (χ1v) is 7.99. The molecule has 0 fully saturated rings. The molecule has 0 aliphatic carbocycles. The molecule has 0 saturated heterocycles. The molecule has 0 aliphatic rings. The molecule has 0 saturated carbocycles. The molecule has 1 N–H and O–H groups in total. The molecule has 0 atom stereocenters. The molecule has 1 aromatic heterocycles. The number of hydrogen-bond acceptors (Lipinski definition) is 3. The Morgan fingerprint density at radius 2 is 1.31 bits per heavy atom. The predicted molar refractivity (Wildman–Crippen MR) is 89.1 cm³/mol. The molecule has 2 aromatic carbocycles. The summed E-state index contributed by atoms with van der Waals surface area (Å²) in [4.78, 5) is 12.9. The van der Waals surface area contributed by atoms with Crippen LogP contribution in [-0.2, 0) is 19.5 Å². The Morgan fingerprint density at radius 3 is 1.79 bits per heavy atom. The van der Waals surface area contributed by atoms with Gasteiger partial charge in [-0.1, -0.05) is 18.2 Å². The van der Waals surface area contributed by atoms with Crippen molar-refractivity contribution in [1.82, 2.24) is 9.78 Å². The second-order valence-corrected chi connectivity index (χ2v) is 6.21. The summed E-state index contributed by atoms with van der Waals surface area (Å²) in [6.07, 6.45) is 0. The SMILES string of the molecule is Cc1cccc(C)c1C(=O)c1c(C)nn(-c2c(F)c(F)c(F)c(F)c2F)c1O.[Zn]. The van der Waals surface area contributed by atoms with Gasteiger partial charge in [-0.3, -0.25) is 4.79 Å². The van der Waals surface area contributed by atoms with Crippen molar-refractivity contribution < 1.29 is 51.3 Å². The Hall–Kier alpha value is -2.61. The molecule has 0 aliphatic heterocycles. The van der Waals surface area contributed by atoms with Crippen LogP contribution in [0.3, 0.4) is 0 Å². The smallest absolute Gasteiger partial charge is 0.226 e. The van der Waals surface area contributed by atoms with Crippen molar-refractivity contribution in [3.05, 3.63) is 75.2 Å². The van der Waals surface area contributed by atoms with E-state index in [1.807, 2.05) is 0 Å². The number of aromatic nitrogens is 2. The third-order valence-electron chi connectivity index (χ3n) is 4.37. The van der Waals surface area contributed by atoms with Crippen molar-refractivity contribution in [2.24, 2.45) is 0 Å². The number of halogens is 5. The maximum atomic E-state index is 14.1. The van der Waals surface area contributed by atoms with E-state index in [-0.39, 0.29) is 35.4 Å². The van der Waals surface area contributed by atoms with Crippen LogP contribution in [0.4, 0.5) is 22.0 Å². The molecule has 148 valence electrons. The van der Waals surface area contributed by atoms with Gasteiger partial charge in [0.05, 0.1) is 5.69 Å². The van der Waals surface area contributed by atoms with Gasteiger partial charge in [-0.05, 0) is 31.9 Å². The van der Waals surface area contributed by atoms with Crippen LogP contribution in [0, 0.1) is 49.9 Å². The molecule has 0 amide bonds. The molecule has 3 aromatic rings. The number of aryl methyl sites for hydroxylation is 3. The third kappa shape index (κ3) is 3.46. The van der Waals surface area contributed by atoms with Crippen LogP contribution < -0.4 is 0 Å². The first kappa shape index (κ1) is 22.7. The number of carbonyl (C=O) groups is 1. The maximum absolute atomic E-state index is 14.1. The number of hydrogen-bond donors (Lipinski definition) is 1. The number of aromatic hydroxyl groups is 1. The average molecular weight is 462 g/mol. The van der Waals surface area contributed by atoms with Gasteiger partial charge in [-0.15, -0.1) is 0 Å². The van der Waals surface area contributed by atoms with Gasteiger partial charge < -0.3 is 5.11 Å². The van der Waals surface area contributed by atoms with Crippen molar-refractivity contribution >= 4 is 5.78 Å². The van der Waals surface area contributed by atoms with E-state index in [1.165, 1.54) is 6.92 Å². The number of carbonyl (C=O) groups excluding carboxylic acids is 1. The fraction of sp³-hybridized carbons (Fsp3) is 0.158. The standard InChI is InChI=1S/C19H13F5N2O2.Zn/c1-7-5-4-6-8(2)10(7)18(27)11-9(3)25-26(19(11)28)17-15(23)13(21)12(20)14(22)16(17)24;/h4-6,28H,1-3H3;. The van der Waals surface area contributed by atoms with Gasteiger partial charge in [0, 0.05) is 25.0 Å². The van der Waals surface area contributed by atoms with E-state index in [1.54, 1.807) is 32.0 Å². The first-order chi connectivity index (χ1) is 13.1. The number of rotatable bonds is 3. The topological polar surface area (TPSA) is 55.1 Å². The summed E-state index contributed by atoms with van der Waals surface area (Å²) in [6.45, 7) is 4.57. The summed E-state index contributed by atoms with van der Waals surface area (Å²) >= 11 is 0. The van der Waals surface area contributed by atoms with Crippen LogP contribution in [0.5, 0.6) is 5.88 Å². The van der Waals surface area contributed by atoms with Crippen LogP contribution >= 0.6 is 0 Å². The van der Waals surface area contributed by atoms with Crippen molar-refractivity contribution in [1.29, 1.82) is 0 Å². The van der Waals surface area contributed by atoms with Crippen molar-refractivity contribution in [3.8, 4) is 11.6 Å². The molecular weight excluding hydrogens is 449 g/mol. The predicted octanol–water partition coefficient (Wildman–Crippen LogP) is 4.43. The zero-order valence-electron chi connectivity index (χ0n) is 15.6. The zero-order valence-corrected chi connectivity index (χ0v) is 18.5. The Labute approximate surface area is 174 Å². The van der Waals surface area contributed by atoms with Gasteiger partial charge in [0.15, 0.2) is 23.3 Å². The van der Waals surface area contributed by atoms with E-state index < -0.39 is 52.0 Å². The van der Waals surface area contributed by atoms with Crippen molar-refractivity contribution in [3.63, 3.8) is 0 Å². The molecule has 0 spiro atoms. The average Bonchev–Trinajstić information content (AvgIpc) is 2.92. The van der Waals surface area contributed by atoms with Gasteiger partial charge in [0.1, 0.15) is 11.3 Å². The monoisotopic (exact) mass is 460 g/mol. The van der Waals surface area contributed by atoms with Crippen molar-refractivity contribution in [2.75, 3.05) is 0 Å². The molecule has 0 unspecified atom stereocenters. The Morgan fingerprint density at radius 1 is 0.862 bits per heavy atom. The molecular formula is C19H13F5N2O2Zn. The molecule has 10 heteroatoms. The van der Waals surface area contributed by atoms with Gasteiger partial charge in [-0.2, -0.15) is 9.78 Å². The van der Waals surface area contributed by atoms with Gasteiger partial charge in [-0.25, -0.2) is 22.0 Å². The van der Waals surface area contributed by atoms with E-state index in [2.05, 4.69) is 5.10 Å². The van der Waals surface area contributed by atoms with Crippen LogP contribution in [0.2, 0.25) is 0 Å². The van der Waals surface area contributed by atoms with E-state index in [0.717, 1.165) is 0 Å². The van der Waals surface area contributed by atoms with E-state index in [4.69, 9.17) is 0 Å². The Kier molecular flexibility index (Phi) is 6.28. The fourth-order valence-corrected chi connectivity index (χ4v) is 3.01.